The molecule has 0 bridgehead atoms. The highest BCUT2D eigenvalue weighted by Crippen LogP contribution is 2.32. The van der Waals surface area contributed by atoms with Crippen molar-refractivity contribution in [2.45, 2.75) is 25.2 Å². The maximum Gasteiger partial charge on any atom is 0.306 e. The number of ether oxygens (including phenoxy) is 4. The van der Waals surface area contributed by atoms with E-state index < -0.39 is 24.3 Å². The van der Waals surface area contributed by atoms with Crippen LogP contribution in [0.3, 0.4) is 0 Å². The van der Waals surface area contributed by atoms with E-state index in [1.807, 2.05) is 0 Å². The number of aliphatic carboxylic acids is 1. The average molecular weight is 470 g/mol. The predicted molar refractivity (Wildman–Crippen MR) is 117 cm³/mol. The van der Waals surface area contributed by atoms with Crippen LogP contribution in [0.1, 0.15) is 23.8 Å². The van der Waals surface area contributed by atoms with Crippen LogP contribution in [-0.4, -0.2) is 52.6 Å². The van der Waals surface area contributed by atoms with Crippen molar-refractivity contribution in [2.24, 2.45) is 0 Å². The third-order valence-electron chi connectivity index (χ3n) is 5.10. The second kappa shape index (κ2) is 10.4. The fraction of sp³-hybridized carbons (Fsp3) is 0.292. The van der Waals surface area contributed by atoms with Crippen LogP contribution in [-0.2, 0) is 16.1 Å². The first-order chi connectivity index (χ1) is 16.4. The largest absolute Gasteiger partial charge is 0.497 e. The lowest BCUT2D eigenvalue weighted by Gasteiger charge is -2.27. The van der Waals surface area contributed by atoms with Gasteiger partial charge in [-0.2, -0.15) is 0 Å². The Bertz CT molecular complexity index is 1170. The number of nitrogens with zero attached hydrogens (tertiary/aromatic N) is 2. The molecule has 2 aromatic carbocycles. The summed E-state index contributed by atoms with van der Waals surface area (Å²) in [7, 11) is 1.49. The molecule has 0 radical (unpaired) electrons. The van der Waals surface area contributed by atoms with Crippen LogP contribution in [0.25, 0.3) is 11.3 Å². The molecule has 34 heavy (non-hydrogen) atoms. The molecular weight excluding hydrogens is 447 g/mol. The van der Waals surface area contributed by atoms with Crippen molar-refractivity contribution in [3.63, 3.8) is 0 Å². The Morgan fingerprint density at radius 3 is 2.76 bits per heavy atom. The van der Waals surface area contributed by atoms with Gasteiger partial charge >= 0.3 is 5.97 Å². The Morgan fingerprint density at radius 2 is 2.06 bits per heavy atom. The molecule has 1 aliphatic heterocycles. The zero-order valence-electron chi connectivity index (χ0n) is 18.3. The topological polar surface area (TPSA) is 120 Å². The monoisotopic (exact) mass is 470 g/mol. The van der Waals surface area contributed by atoms with Gasteiger partial charge in [-0.25, -0.2) is 14.4 Å². The molecule has 1 saturated heterocycles. The van der Waals surface area contributed by atoms with E-state index in [9.17, 15) is 14.3 Å². The van der Waals surface area contributed by atoms with Gasteiger partial charge in [0.15, 0.2) is 0 Å². The number of carboxylic acids is 1. The highest BCUT2D eigenvalue weighted by atomic mass is 19.1. The normalized spacial score (nSPS) is 14.2. The smallest absolute Gasteiger partial charge is 0.306 e. The first kappa shape index (κ1) is 23.4. The molecule has 0 saturated carbocycles. The second-order valence-corrected chi connectivity index (χ2v) is 7.61. The third kappa shape index (κ3) is 5.59. The lowest BCUT2D eigenvalue weighted by molar-refractivity contribution is -0.139. The molecule has 1 aliphatic rings. The maximum absolute atomic E-state index is 14.6. The van der Waals surface area contributed by atoms with Gasteiger partial charge in [0.1, 0.15) is 41.4 Å². The summed E-state index contributed by atoms with van der Waals surface area (Å²) in [5, 5.41) is 18.9. The first-order valence-electron chi connectivity index (χ1n) is 10.5. The van der Waals surface area contributed by atoms with Crippen molar-refractivity contribution in [3.05, 3.63) is 65.7 Å². The molecule has 1 aromatic heterocycles. The summed E-state index contributed by atoms with van der Waals surface area (Å²) < 4.78 is 36.6. The van der Waals surface area contributed by atoms with Gasteiger partial charge in [-0.1, -0.05) is 12.1 Å². The maximum atomic E-state index is 14.6. The lowest BCUT2D eigenvalue weighted by atomic mass is 10.1. The van der Waals surface area contributed by atoms with Gasteiger partial charge in [-0.3, -0.25) is 4.79 Å². The fourth-order valence-corrected chi connectivity index (χ4v) is 3.25. The summed E-state index contributed by atoms with van der Waals surface area (Å²) in [6.07, 6.45) is -0.322. The van der Waals surface area contributed by atoms with Crippen molar-refractivity contribution < 1.29 is 38.3 Å². The summed E-state index contributed by atoms with van der Waals surface area (Å²) in [6, 6.07) is 10.8. The number of halogens is 1. The number of aliphatic hydroxyl groups is 1. The molecule has 1 fully saturated rings. The number of benzene rings is 2. The number of carbonyl (C=O) groups is 1. The average Bonchev–Trinajstić information content (AvgIpc) is 2.80. The van der Waals surface area contributed by atoms with E-state index in [0.29, 0.717) is 36.0 Å². The molecular formula is C24H23FN2O7. The van der Waals surface area contributed by atoms with Crippen LogP contribution in [0.4, 0.5) is 4.39 Å². The van der Waals surface area contributed by atoms with Crippen LogP contribution < -0.4 is 14.2 Å². The van der Waals surface area contributed by atoms with Gasteiger partial charge < -0.3 is 29.2 Å². The molecule has 3 aromatic rings. The van der Waals surface area contributed by atoms with Crippen LogP contribution in [0.5, 0.6) is 17.4 Å². The molecule has 4 rings (SSSR count). The molecule has 2 heterocycles. The highest BCUT2D eigenvalue weighted by molar-refractivity contribution is 5.68. The van der Waals surface area contributed by atoms with E-state index in [1.54, 1.807) is 24.3 Å². The summed E-state index contributed by atoms with van der Waals surface area (Å²) in [5.74, 6) is -0.571. The minimum absolute atomic E-state index is 0.0177. The molecule has 0 aliphatic carbocycles. The van der Waals surface area contributed by atoms with E-state index in [2.05, 4.69) is 9.97 Å². The number of aliphatic hydroxyl groups excluding tert-OH is 1. The summed E-state index contributed by atoms with van der Waals surface area (Å²) in [5.41, 5.74) is 1.27. The zero-order chi connectivity index (χ0) is 24.1. The Hall–Kier alpha value is -3.76. The first-order valence-corrected chi connectivity index (χ1v) is 10.5. The minimum Gasteiger partial charge on any atom is -0.497 e. The molecule has 0 spiro atoms. The van der Waals surface area contributed by atoms with Gasteiger partial charge in [-0.15, -0.1) is 0 Å². The van der Waals surface area contributed by atoms with Crippen molar-refractivity contribution >= 4 is 5.97 Å². The quantitative estimate of drug-likeness (QED) is 0.460. The minimum atomic E-state index is -1.15. The molecule has 178 valence electrons. The number of carboxylic acid groups (broad SMARTS) is 1. The standard InChI is InChI=1S/C24H23FN2O7/c1-31-16-5-6-20(25)19(8-16)23-24(34-18-12-32-13-18)27-15(10-26-23)11-33-17-4-2-3-14(7-17)21(28)9-22(29)30/h2-8,10,18,21,28H,9,11-13H2,1H3,(H,29,30)/t21-/m1/s1. The van der Waals surface area contributed by atoms with Gasteiger partial charge in [-0.05, 0) is 35.9 Å². The van der Waals surface area contributed by atoms with Crippen LogP contribution in [0.15, 0.2) is 48.7 Å². The zero-order valence-corrected chi connectivity index (χ0v) is 18.3. The molecule has 9 nitrogen and oxygen atoms in total. The van der Waals surface area contributed by atoms with E-state index in [-0.39, 0.29) is 29.8 Å². The number of methoxy groups -OCH3 is 1. The number of hydrogen-bond donors (Lipinski definition) is 2. The Morgan fingerprint density at radius 1 is 1.24 bits per heavy atom. The van der Waals surface area contributed by atoms with Crippen LogP contribution in [0, 0.1) is 5.82 Å². The molecule has 0 amide bonds. The SMILES string of the molecule is COc1ccc(F)c(-c2ncc(COc3cccc([C@H](O)CC(=O)O)c3)nc2OC2COC2)c1. The summed E-state index contributed by atoms with van der Waals surface area (Å²) in [4.78, 5) is 19.7. The van der Waals surface area contributed by atoms with Crippen molar-refractivity contribution in [2.75, 3.05) is 20.3 Å². The fourth-order valence-electron chi connectivity index (χ4n) is 3.25. The highest BCUT2D eigenvalue weighted by Gasteiger charge is 2.25. The molecule has 2 N–H and O–H groups in total. The summed E-state index contributed by atoms with van der Waals surface area (Å²) in [6.45, 7) is 0.811. The van der Waals surface area contributed by atoms with Crippen molar-refractivity contribution in [3.8, 4) is 28.6 Å². The van der Waals surface area contributed by atoms with E-state index >= 15 is 0 Å². The van der Waals surface area contributed by atoms with Gasteiger partial charge in [0.25, 0.3) is 0 Å². The van der Waals surface area contributed by atoms with Crippen molar-refractivity contribution in [1.82, 2.24) is 9.97 Å². The third-order valence-corrected chi connectivity index (χ3v) is 5.10. The van der Waals surface area contributed by atoms with Crippen LogP contribution in [0.2, 0.25) is 0 Å². The Kier molecular flexibility index (Phi) is 7.19. The van der Waals surface area contributed by atoms with Gasteiger partial charge in [0, 0.05) is 5.56 Å². The predicted octanol–water partition coefficient (Wildman–Crippen LogP) is 3.16. The lowest BCUT2D eigenvalue weighted by Crippen LogP contribution is -2.39. The summed E-state index contributed by atoms with van der Waals surface area (Å²) >= 11 is 0. The molecule has 0 unspecified atom stereocenters. The molecule has 1 atom stereocenters. The van der Waals surface area contributed by atoms with E-state index in [4.69, 9.17) is 24.1 Å². The number of rotatable bonds is 10. The van der Waals surface area contributed by atoms with Crippen molar-refractivity contribution in [1.29, 1.82) is 0 Å². The number of aromatic nitrogens is 2. The van der Waals surface area contributed by atoms with Gasteiger partial charge in [0.2, 0.25) is 5.88 Å². The van der Waals surface area contributed by atoms with E-state index in [1.165, 1.54) is 31.5 Å². The Labute approximate surface area is 194 Å². The van der Waals surface area contributed by atoms with Gasteiger partial charge in [0.05, 0.1) is 39.0 Å². The Balaban J connectivity index is 1.55. The van der Waals surface area contributed by atoms with Crippen LogP contribution >= 0.6 is 0 Å². The van der Waals surface area contributed by atoms with E-state index in [0.717, 1.165) is 0 Å². The molecule has 10 heteroatoms. The second-order valence-electron chi connectivity index (χ2n) is 7.61. The number of hydrogen-bond acceptors (Lipinski definition) is 8.